The van der Waals surface area contributed by atoms with E-state index >= 15 is 0 Å². The molecule has 12 heavy (non-hydrogen) atoms. The molecule has 1 nitrogen and oxygen atoms in total. The number of halogens is 1. The summed E-state index contributed by atoms with van der Waals surface area (Å²) in [4.78, 5) is 2.24. The third-order valence-corrected chi connectivity index (χ3v) is 3.71. The Kier molecular flexibility index (Phi) is 3.13. The third-order valence-electron chi connectivity index (χ3n) is 2.56. The summed E-state index contributed by atoms with van der Waals surface area (Å²) in [6.07, 6.45) is 4.46. The van der Waals surface area contributed by atoms with Crippen LogP contribution in [0.15, 0.2) is 22.2 Å². The first-order chi connectivity index (χ1) is 5.54. The molecule has 2 atom stereocenters. The first kappa shape index (κ1) is 10.0. The van der Waals surface area contributed by atoms with Crippen molar-refractivity contribution in [1.82, 2.24) is 4.90 Å². The normalized spacial score (nSPS) is 25.7. The Bertz CT molecular complexity index is 228. The molecule has 68 valence electrons. The highest BCUT2D eigenvalue weighted by atomic mass is 79.9. The van der Waals surface area contributed by atoms with Crippen molar-refractivity contribution in [3.63, 3.8) is 0 Å². The maximum absolute atomic E-state index is 3.63. The molecule has 0 amide bonds. The SMILES string of the molecule is CC1=C(Br)C(C(C)N(C)C)C=C1. The molecule has 1 aliphatic rings. The summed E-state index contributed by atoms with van der Waals surface area (Å²) in [6.45, 7) is 4.39. The van der Waals surface area contributed by atoms with Crippen molar-refractivity contribution in [1.29, 1.82) is 0 Å². The van der Waals surface area contributed by atoms with Crippen LogP contribution in [0.1, 0.15) is 13.8 Å². The van der Waals surface area contributed by atoms with Gasteiger partial charge in [-0.05, 0) is 33.5 Å². The average molecular weight is 230 g/mol. The first-order valence-electron chi connectivity index (χ1n) is 4.25. The summed E-state index contributed by atoms with van der Waals surface area (Å²) in [7, 11) is 4.24. The highest BCUT2D eigenvalue weighted by Crippen LogP contribution is 2.33. The van der Waals surface area contributed by atoms with E-state index in [0.29, 0.717) is 12.0 Å². The molecule has 0 radical (unpaired) electrons. The molecule has 0 heterocycles. The van der Waals surface area contributed by atoms with Gasteiger partial charge in [0.05, 0.1) is 0 Å². The molecule has 0 fully saturated rings. The Morgan fingerprint density at radius 2 is 2.08 bits per heavy atom. The van der Waals surface area contributed by atoms with E-state index in [0.717, 1.165) is 0 Å². The van der Waals surface area contributed by atoms with Crippen LogP contribution in [-0.4, -0.2) is 25.0 Å². The summed E-state index contributed by atoms with van der Waals surface area (Å²) in [5, 5.41) is 0. The zero-order chi connectivity index (χ0) is 9.30. The molecule has 0 aromatic carbocycles. The van der Waals surface area contributed by atoms with Crippen LogP contribution in [0.2, 0.25) is 0 Å². The lowest BCUT2D eigenvalue weighted by atomic mass is 10.0. The Hall–Kier alpha value is -0.0800. The van der Waals surface area contributed by atoms with Gasteiger partial charge in [-0.3, -0.25) is 0 Å². The number of nitrogens with zero attached hydrogens (tertiary/aromatic N) is 1. The van der Waals surface area contributed by atoms with Gasteiger partial charge in [0, 0.05) is 16.4 Å². The lowest BCUT2D eigenvalue weighted by Crippen LogP contribution is -2.31. The van der Waals surface area contributed by atoms with E-state index in [1.165, 1.54) is 10.1 Å². The Morgan fingerprint density at radius 3 is 2.42 bits per heavy atom. The molecule has 2 unspecified atom stereocenters. The Morgan fingerprint density at radius 1 is 1.50 bits per heavy atom. The standard InChI is InChI=1S/C10H16BrN/c1-7-5-6-9(10(7)11)8(2)12(3)4/h5-6,8-9H,1-4H3. The quantitative estimate of drug-likeness (QED) is 0.705. The molecule has 1 aliphatic carbocycles. The zero-order valence-corrected chi connectivity index (χ0v) is 9.72. The Balaban J connectivity index is 2.74. The van der Waals surface area contributed by atoms with Crippen molar-refractivity contribution in [3.8, 4) is 0 Å². The molecule has 0 aromatic heterocycles. The van der Waals surface area contributed by atoms with Gasteiger partial charge in [0.25, 0.3) is 0 Å². The molecule has 0 saturated carbocycles. The van der Waals surface area contributed by atoms with Gasteiger partial charge >= 0.3 is 0 Å². The van der Waals surface area contributed by atoms with E-state index in [-0.39, 0.29) is 0 Å². The van der Waals surface area contributed by atoms with E-state index in [9.17, 15) is 0 Å². The van der Waals surface area contributed by atoms with Crippen LogP contribution in [-0.2, 0) is 0 Å². The highest BCUT2D eigenvalue weighted by molar-refractivity contribution is 9.11. The van der Waals surface area contributed by atoms with Crippen molar-refractivity contribution in [2.45, 2.75) is 19.9 Å². The molecule has 0 spiro atoms. The minimum atomic E-state index is 0.542. The van der Waals surface area contributed by atoms with Crippen LogP contribution in [0.3, 0.4) is 0 Å². The van der Waals surface area contributed by atoms with Crippen molar-refractivity contribution < 1.29 is 0 Å². The summed E-state index contributed by atoms with van der Waals surface area (Å²) < 4.78 is 1.34. The largest absolute Gasteiger partial charge is 0.306 e. The molecule has 0 aliphatic heterocycles. The summed E-state index contributed by atoms with van der Waals surface area (Å²) in [5.74, 6) is 0.542. The summed E-state index contributed by atoms with van der Waals surface area (Å²) in [6, 6.07) is 0.563. The first-order valence-corrected chi connectivity index (χ1v) is 5.04. The number of hydrogen-bond acceptors (Lipinski definition) is 1. The maximum atomic E-state index is 3.63. The number of rotatable bonds is 2. The lowest BCUT2D eigenvalue weighted by molar-refractivity contribution is 0.281. The average Bonchev–Trinajstić information content (AvgIpc) is 2.32. The van der Waals surface area contributed by atoms with Crippen LogP contribution in [0.25, 0.3) is 0 Å². The number of allylic oxidation sites excluding steroid dienone is 2. The molecule has 0 N–H and O–H groups in total. The van der Waals surface area contributed by atoms with Crippen molar-refractivity contribution in [2.75, 3.05) is 14.1 Å². The van der Waals surface area contributed by atoms with Crippen LogP contribution < -0.4 is 0 Å². The second-order valence-corrected chi connectivity index (χ2v) is 4.47. The second kappa shape index (κ2) is 3.75. The van der Waals surface area contributed by atoms with Gasteiger partial charge in [-0.25, -0.2) is 0 Å². The van der Waals surface area contributed by atoms with Gasteiger partial charge < -0.3 is 4.90 Å². The molecular weight excluding hydrogens is 214 g/mol. The van der Waals surface area contributed by atoms with Crippen LogP contribution in [0, 0.1) is 5.92 Å². The van der Waals surface area contributed by atoms with Gasteiger partial charge in [0.2, 0.25) is 0 Å². The van der Waals surface area contributed by atoms with E-state index in [4.69, 9.17) is 0 Å². The topological polar surface area (TPSA) is 3.24 Å². The van der Waals surface area contributed by atoms with E-state index in [1.807, 2.05) is 0 Å². The van der Waals surface area contributed by atoms with Crippen molar-refractivity contribution >= 4 is 15.9 Å². The van der Waals surface area contributed by atoms with Crippen LogP contribution in [0.5, 0.6) is 0 Å². The van der Waals surface area contributed by atoms with Gasteiger partial charge in [-0.15, -0.1) is 0 Å². The fourth-order valence-corrected chi connectivity index (χ4v) is 2.04. The minimum absolute atomic E-state index is 0.542. The maximum Gasteiger partial charge on any atom is 0.0243 e. The van der Waals surface area contributed by atoms with Crippen molar-refractivity contribution in [3.05, 3.63) is 22.2 Å². The molecule has 0 aromatic rings. The fraction of sp³-hybridized carbons (Fsp3) is 0.600. The fourth-order valence-electron chi connectivity index (χ4n) is 1.37. The van der Waals surface area contributed by atoms with Gasteiger partial charge in [-0.2, -0.15) is 0 Å². The molecular formula is C10H16BrN. The predicted molar refractivity (Wildman–Crippen MR) is 57.4 cm³/mol. The molecule has 0 bridgehead atoms. The highest BCUT2D eigenvalue weighted by Gasteiger charge is 2.23. The number of hydrogen-bond donors (Lipinski definition) is 0. The molecule has 0 saturated heterocycles. The minimum Gasteiger partial charge on any atom is -0.306 e. The smallest absolute Gasteiger partial charge is 0.0243 e. The van der Waals surface area contributed by atoms with Crippen molar-refractivity contribution in [2.24, 2.45) is 5.92 Å². The van der Waals surface area contributed by atoms with E-state index in [1.54, 1.807) is 0 Å². The van der Waals surface area contributed by atoms with E-state index < -0.39 is 0 Å². The molecule has 2 heteroatoms. The summed E-state index contributed by atoms with van der Waals surface area (Å²) >= 11 is 3.63. The molecule has 1 rings (SSSR count). The zero-order valence-electron chi connectivity index (χ0n) is 8.13. The predicted octanol–water partition coefficient (Wildman–Crippen LogP) is 2.79. The van der Waals surface area contributed by atoms with Gasteiger partial charge in [0.1, 0.15) is 0 Å². The second-order valence-electron chi connectivity index (χ2n) is 3.62. The Labute approximate surface area is 83.3 Å². The lowest BCUT2D eigenvalue weighted by Gasteiger charge is -2.25. The third kappa shape index (κ3) is 1.80. The monoisotopic (exact) mass is 229 g/mol. The van der Waals surface area contributed by atoms with Crippen LogP contribution in [0.4, 0.5) is 0 Å². The summed E-state index contributed by atoms with van der Waals surface area (Å²) in [5.41, 5.74) is 1.36. The van der Waals surface area contributed by atoms with Crippen LogP contribution >= 0.6 is 15.9 Å². The van der Waals surface area contributed by atoms with Gasteiger partial charge in [-0.1, -0.05) is 28.1 Å². The van der Waals surface area contributed by atoms with Gasteiger partial charge in [0.15, 0.2) is 0 Å². The van der Waals surface area contributed by atoms with E-state index in [2.05, 4.69) is 60.9 Å².